The Bertz CT molecular complexity index is 1080. The second kappa shape index (κ2) is 9.21. The van der Waals surface area contributed by atoms with E-state index in [0.29, 0.717) is 11.1 Å². The SMILES string of the molecule is NC(=O)c1ccc(C(O)C(O)CNC(=O)OCC2c3ccccc3-c3ccccc32)cc1. The molecule has 1 aliphatic carbocycles. The number of aliphatic hydroxyl groups is 2. The van der Waals surface area contributed by atoms with Gasteiger partial charge < -0.3 is 26.0 Å². The average molecular weight is 432 g/mol. The van der Waals surface area contributed by atoms with E-state index in [1.54, 1.807) is 0 Å². The van der Waals surface area contributed by atoms with Crippen molar-refractivity contribution in [3.05, 3.63) is 95.1 Å². The number of nitrogens with one attached hydrogen (secondary N) is 1. The first-order valence-corrected chi connectivity index (χ1v) is 10.3. The van der Waals surface area contributed by atoms with Crippen molar-refractivity contribution < 1.29 is 24.5 Å². The molecule has 3 aromatic rings. The van der Waals surface area contributed by atoms with Crippen molar-refractivity contribution in [2.75, 3.05) is 13.2 Å². The number of rotatable bonds is 7. The van der Waals surface area contributed by atoms with E-state index in [9.17, 15) is 19.8 Å². The van der Waals surface area contributed by atoms with Gasteiger partial charge in [-0.1, -0.05) is 60.7 Å². The lowest BCUT2D eigenvalue weighted by Crippen LogP contribution is -2.36. The average Bonchev–Trinajstić information content (AvgIpc) is 3.14. The van der Waals surface area contributed by atoms with E-state index in [1.807, 2.05) is 36.4 Å². The van der Waals surface area contributed by atoms with Gasteiger partial charge in [0.2, 0.25) is 5.91 Å². The van der Waals surface area contributed by atoms with E-state index in [1.165, 1.54) is 24.3 Å². The van der Waals surface area contributed by atoms with Gasteiger partial charge in [0.05, 0.1) is 0 Å². The van der Waals surface area contributed by atoms with Crippen LogP contribution < -0.4 is 11.1 Å². The van der Waals surface area contributed by atoms with E-state index in [2.05, 4.69) is 17.4 Å². The number of fused-ring (bicyclic) bond motifs is 3. The maximum absolute atomic E-state index is 12.2. The number of hydrogen-bond acceptors (Lipinski definition) is 5. The van der Waals surface area contributed by atoms with Gasteiger partial charge in [-0.2, -0.15) is 0 Å². The van der Waals surface area contributed by atoms with Gasteiger partial charge in [-0.15, -0.1) is 0 Å². The van der Waals surface area contributed by atoms with Crippen LogP contribution >= 0.6 is 0 Å². The minimum absolute atomic E-state index is 0.0626. The Morgan fingerprint density at radius 2 is 1.47 bits per heavy atom. The summed E-state index contributed by atoms with van der Waals surface area (Å²) in [6, 6.07) is 22.0. The number of carbonyl (C=O) groups is 2. The summed E-state index contributed by atoms with van der Waals surface area (Å²) < 4.78 is 5.42. The van der Waals surface area contributed by atoms with Crippen molar-refractivity contribution in [3.63, 3.8) is 0 Å². The highest BCUT2D eigenvalue weighted by atomic mass is 16.5. The van der Waals surface area contributed by atoms with Crippen LogP contribution in [0, 0.1) is 0 Å². The molecule has 4 rings (SSSR count). The number of hydrogen-bond donors (Lipinski definition) is 4. The van der Waals surface area contributed by atoms with Crippen LogP contribution in [0.1, 0.15) is 39.1 Å². The lowest BCUT2D eigenvalue weighted by molar-refractivity contribution is 0.0185. The topological polar surface area (TPSA) is 122 Å². The Kier molecular flexibility index (Phi) is 6.20. The molecule has 2 unspecified atom stereocenters. The highest BCUT2D eigenvalue weighted by molar-refractivity contribution is 5.92. The number of nitrogens with two attached hydrogens (primary N) is 1. The van der Waals surface area contributed by atoms with Crippen molar-refractivity contribution in [1.82, 2.24) is 5.32 Å². The fourth-order valence-electron chi connectivity index (χ4n) is 4.02. The van der Waals surface area contributed by atoms with Gasteiger partial charge in [0, 0.05) is 18.0 Å². The van der Waals surface area contributed by atoms with Crippen LogP contribution in [-0.2, 0) is 4.74 Å². The van der Waals surface area contributed by atoms with Gasteiger partial charge in [-0.05, 0) is 39.9 Å². The first-order valence-electron chi connectivity index (χ1n) is 10.3. The van der Waals surface area contributed by atoms with Crippen molar-refractivity contribution in [1.29, 1.82) is 0 Å². The van der Waals surface area contributed by atoms with Crippen LogP contribution in [0.2, 0.25) is 0 Å². The Morgan fingerprint density at radius 3 is 2.03 bits per heavy atom. The predicted molar refractivity (Wildman–Crippen MR) is 119 cm³/mol. The summed E-state index contributed by atoms with van der Waals surface area (Å²) in [6.07, 6.45) is -3.18. The second-order valence-electron chi connectivity index (χ2n) is 7.70. The van der Waals surface area contributed by atoms with E-state index < -0.39 is 24.2 Å². The van der Waals surface area contributed by atoms with Crippen molar-refractivity contribution >= 4 is 12.0 Å². The minimum Gasteiger partial charge on any atom is -0.449 e. The van der Waals surface area contributed by atoms with E-state index in [0.717, 1.165) is 22.3 Å². The highest BCUT2D eigenvalue weighted by Gasteiger charge is 2.29. The molecule has 2 atom stereocenters. The van der Waals surface area contributed by atoms with Crippen LogP contribution in [0.3, 0.4) is 0 Å². The zero-order valence-corrected chi connectivity index (χ0v) is 17.3. The molecule has 0 aliphatic heterocycles. The molecule has 0 spiro atoms. The lowest BCUT2D eigenvalue weighted by Gasteiger charge is -2.19. The van der Waals surface area contributed by atoms with Crippen molar-refractivity contribution in [3.8, 4) is 11.1 Å². The smallest absolute Gasteiger partial charge is 0.407 e. The Labute approximate surface area is 185 Å². The molecule has 32 heavy (non-hydrogen) atoms. The zero-order chi connectivity index (χ0) is 22.7. The molecule has 7 heteroatoms. The zero-order valence-electron chi connectivity index (χ0n) is 17.3. The molecular weight excluding hydrogens is 408 g/mol. The normalized spacial score (nSPS) is 14.2. The standard InChI is InChI=1S/C25H24N2O5/c26-24(30)16-11-9-15(10-12-16)23(29)22(28)13-27-25(31)32-14-21-19-7-3-1-5-17(19)18-6-2-4-8-20(18)21/h1-12,21-23,28-29H,13-14H2,(H2,26,30)(H,27,31). The molecule has 0 radical (unpaired) electrons. The molecule has 0 aromatic heterocycles. The van der Waals surface area contributed by atoms with Gasteiger partial charge in [0.1, 0.15) is 18.8 Å². The maximum atomic E-state index is 12.2. The summed E-state index contributed by atoms with van der Waals surface area (Å²) in [5.41, 5.74) is 10.4. The summed E-state index contributed by atoms with van der Waals surface area (Å²) in [7, 11) is 0. The van der Waals surface area contributed by atoms with E-state index in [4.69, 9.17) is 10.5 Å². The molecule has 164 valence electrons. The molecule has 0 fully saturated rings. The van der Waals surface area contributed by atoms with Crippen LogP contribution in [0.15, 0.2) is 72.8 Å². The molecule has 3 aromatic carbocycles. The van der Waals surface area contributed by atoms with E-state index >= 15 is 0 Å². The van der Waals surface area contributed by atoms with Crippen LogP contribution in [0.4, 0.5) is 4.79 Å². The summed E-state index contributed by atoms with van der Waals surface area (Å²) in [5.74, 6) is -0.643. The number of benzene rings is 3. The number of alkyl carbamates (subject to hydrolysis) is 1. The number of carbonyl (C=O) groups excluding carboxylic acids is 2. The molecule has 5 N–H and O–H groups in total. The number of primary amides is 1. The molecule has 1 aliphatic rings. The number of aliphatic hydroxyl groups excluding tert-OH is 2. The van der Waals surface area contributed by atoms with Crippen LogP contribution in [0.5, 0.6) is 0 Å². The molecule has 0 bridgehead atoms. The van der Waals surface area contributed by atoms with Gasteiger partial charge in [-0.25, -0.2) is 4.79 Å². The monoisotopic (exact) mass is 432 g/mol. The molecule has 2 amide bonds. The Hall–Kier alpha value is -3.68. The van der Waals surface area contributed by atoms with Gasteiger partial charge in [0.25, 0.3) is 0 Å². The summed E-state index contributed by atoms with van der Waals surface area (Å²) in [5, 5.41) is 23.0. The summed E-state index contributed by atoms with van der Waals surface area (Å²) >= 11 is 0. The Morgan fingerprint density at radius 1 is 0.906 bits per heavy atom. The Balaban J connectivity index is 1.32. The maximum Gasteiger partial charge on any atom is 0.407 e. The fraction of sp³-hybridized carbons (Fsp3) is 0.200. The molecule has 7 nitrogen and oxygen atoms in total. The van der Waals surface area contributed by atoms with Gasteiger partial charge in [0.15, 0.2) is 0 Å². The quantitative estimate of drug-likeness (QED) is 0.457. The van der Waals surface area contributed by atoms with E-state index in [-0.39, 0.29) is 19.1 Å². The minimum atomic E-state index is -1.25. The third-order valence-electron chi connectivity index (χ3n) is 5.70. The fourth-order valence-corrected chi connectivity index (χ4v) is 4.02. The first kappa shape index (κ1) is 21.5. The van der Waals surface area contributed by atoms with Crippen molar-refractivity contribution in [2.24, 2.45) is 5.73 Å². The largest absolute Gasteiger partial charge is 0.449 e. The van der Waals surface area contributed by atoms with Crippen LogP contribution in [-0.4, -0.2) is 41.5 Å². The van der Waals surface area contributed by atoms with Crippen molar-refractivity contribution in [2.45, 2.75) is 18.1 Å². The lowest BCUT2D eigenvalue weighted by atomic mass is 9.98. The third kappa shape index (κ3) is 4.34. The summed E-state index contributed by atoms with van der Waals surface area (Å²) in [4.78, 5) is 23.4. The molecule has 0 heterocycles. The summed E-state index contributed by atoms with van der Waals surface area (Å²) in [6.45, 7) is -0.0392. The van der Waals surface area contributed by atoms with Gasteiger partial charge >= 0.3 is 6.09 Å². The molecule has 0 saturated carbocycles. The number of ether oxygens (including phenoxy) is 1. The first-order chi connectivity index (χ1) is 15.5. The molecule has 0 saturated heterocycles. The van der Waals surface area contributed by atoms with Crippen LogP contribution in [0.25, 0.3) is 11.1 Å². The third-order valence-corrected chi connectivity index (χ3v) is 5.70. The predicted octanol–water partition coefficient (Wildman–Crippen LogP) is 2.72. The number of amides is 2. The van der Waals surface area contributed by atoms with Gasteiger partial charge in [-0.3, -0.25) is 4.79 Å². The molecular formula is C25H24N2O5. The second-order valence-corrected chi connectivity index (χ2v) is 7.70. The highest BCUT2D eigenvalue weighted by Crippen LogP contribution is 2.44.